The van der Waals surface area contributed by atoms with Gasteiger partial charge < -0.3 is 9.59 Å². The first-order valence-corrected chi connectivity index (χ1v) is 11.9. The maximum absolute atomic E-state index is 8.60. The topological polar surface area (TPSA) is 143 Å². The third kappa shape index (κ3) is 18900. The van der Waals surface area contributed by atoms with E-state index in [1.807, 2.05) is 0 Å². The third-order valence-electron chi connectivity index (χ3n) is 0. The average Bonchev–Trinajstić information content (AvgIpc) is 1.50. The van der Waals surface area contributed by atoms with E-state index in [-0.39, 0.29) is 0 Å². The van der Waals surface area contributed by atoms with Gasteiger partial charge in [0, 0.05) is 0 Å². The van der Waals surface area contributed by atoms with Crippen molar-refractivity contribution < 1.29 is 63.7 Å². The number of hydrogen-bond donors (Lipinski definition) is 2. The molecule has 82 valence electrons. The Morgan fingerprint density at radius 2 is 0.769 bits per heavy atom. The van der Waals surface area contributed by atoms with Crippen molar-refractivity contribution in [1.82, 2.24) is 0 Å². The van der Waals surface area contributed by atoms with E-state index < -0.39 is 41.8 Å². The van der Waals surface area contributed by atoms with Gasteiger partial charge in [-0.2, -0.15) is 0 Å². The van der Waals surface area contributed by atoms with Gasteiger partial charge in [-0.1, -0.05) is 0 Å². The van der Waals surface area contributed by atoms with Crippen molar-refractivity contribution in [3.8, 4) is 0 Å². The van der Waals surface area contributed by atoms with Crippen LogP contribution in [0.25, 0.3) is 0 Å². The number of hydrogen-bond acceptors (Lipinski definition) is 8. The van der Waals surface area contributed by atoms with E-state index in [4.69, 9.17) is 30.4 Å². The SMILES string of the molecule is C[Si](C)(O)O.[O]=[Re](=[O])=[O].[O]=[Re](=[O])=[O]. The molecule has 0 heterocycles. The molecule has 13 heavy (non-hydrogen) atoms. The van der Waals surface area contributed by atoms with Crippen LogP contribution in [-0.2, 0) is 54.1 Å². The monoisotopic (exact) mass is 562 g/mol. The summed E-state index contributed by atoms with van der Waals surface area (Å²) in [5.41, 5.74) is 0. The van der Waals surface area contributed by atoms with Crippen molar-refractivity contribution >= 4 is 8.56 Å². The van der Waals surface area contributed by atoms with Crippen LogP contribution < -0.4 is 0 Å². The first kappa shape index (κ1) is 18.9. The molecule has 0 spiro atoms. The summed E-state index contributed by atoms with van der Waals surface area (Å²) in [6.45, 7) is 2.88. The molecule has 0 fully saturated rings. The molecule has 0 aliphatic carbocycles. The molecule has 0 atom stereocenters. The van der Waals surface area contributed by atoms with E-state index in [1.165, 1.54) is 13.1 Å². The summed E-state index contributed by atoms with van der Waals surface area (Å²) in [7, 11) is -2.61. The van der Waals surface area contributed by atoms with Crippen LogP contribution in [0, 0.1) is 0 Å². The maximum atomic E-state index is 8.60. The molecule has 0 aliphatic heterocycles. The third-order valence-corrected chi connectivity index (χ3v) is 0. The van der Waals surface area contributed by atoms with E-state index in [2.05, 4.69) is 0 Å². The zero-order valence-electron chi connectivity index (χ0n) is 6.60. The molecule has 0 saturated carbocycles. The summed E-state index contributed by atoms with van der Waals surface area (Å²) in [5.74, 6) is 0. The Bertz CT molecular complexity index is 251. The van der Waals surface area contributed by atoms with Crippen molar-refractivity contribution in [2.75, 3.05) is 0 Å². The van der Waals surface area contributed by atoms with Crippen LogP contribution in [0.4, 0.5) is 0 Å². The predicted octanol–water partition coefficient (Wildman–Crippen LogP) is -1.05. The quantitative estimate of drug-likeness (QED) is 0.358. The van der Waals surface area contributed by atoms with Crippen LogP contribution in [0.5, 0.6) is 0 Å². The molecule has 11 heteroatoms. The van der Waals surface area contributed by atoms with Crippen LogP contribution in [0.15, 0.2) is 0 Å². The van der Waals surface area contributed by atoms with Gasteiger partial charge in [0.25, 0.3) is 0 Å². The molecule has 2 N–H and O–H groups in total. The Morgan fingerprint density at radius 1 is 0.769 bits per heavy atom. The van der Waals surface area contributed by atoms with Crippen molar-refractivity contribution in [1.29, 1.82) is 0 Å². The number of rotatable bonds is 0. The first-order valence-electron chi connectivity index (χ1n) is 2.37. The van der Waals surface area contributed by atoms with Gasteiger partial charge in [-0.25, -0.2) is 0 Å². The van der Waals surface area contributed by atoms with Gasteiger partial charge in [-0.15, -0.1) is 0 Å². The molecule has 0 unspecified atom stereocenters. The molecule has 0 aromatic heterocycles. The molecular weight excluding hydrogens is 553 g/mol. The van der Waals surface area contributed by atoms with Crippen LogP contribution >= 0.6 is 0 Å². The van der Waals surface area contributed by atoms with Crippen LogP contribution in [0.1, 0.15) is 0 Å². The molecular formula is C2H8O8Re2Si. The molecule has 0 amide bonds. The summed E-state index contributed by atoms with van der Waals surface area (Å²) in [6, 6.07) is 0. The van der Waals surface area contributed by atoms with E-state index in [0.717, 1.165) is 0 Å². The van der Waals surface area contributed by atoms with Gasteiger partial charge in [-0.3, -0.25) is 0 Å². The standard InChI is InChI=1S/C2H8O2Si.6O.2Re/c1-5(2,3)4;;;;;;;;/h3-4H,1-2H3;;;;;;;;. The van der Waals surface area contributed by atoms with Gasteiger partial charge in [0.2, 0.25) is 0 Å². The fraction of sp³-hybridized carbons (Fsp3) is 1.00. The van der Waals surface area contributed by atoms with Crippen molar-refractivity contribution in [3.05, 3.63) is 0 Å². The van der Waals surface area contributed by atoms with Crippen LogP contribution in [0.3, 0.4) is 0 Å². The fourth-order valence-electron chi connectivity index (χ4n) is 0. The fourth-order valence-corrected chi connectivity index (χ4v) is 0. The zero-order chi connectivity index (χ0) is 11.7. The summed E-state index contributed by atoms with van der Waals surface area (Å²) >= 11 is -8.43. The molecule has 8 nitrogen and oxygen atoms in total. The van der Waals surface area contributed by atoms with E-state index in [0.29, 0.717) is 0 Å². The second-order valence-corrected chi connectivity index (χ2v) is 7.58. The first-order chi connectivity index (χ1) is 5.46. The summed E-state index contributed by atoms with van der Waals surface area (Å²) in [4.78, 5) is 16.4. The predicted molar refractivity (Wildman–Crippen MR) is 26.0 cm³/mol. The normalized spacial score (nSPS) is 8.31. The van der Waals surface area contributed by atoms with Crippen LogP contribution in [-0.4, -0.2) is 18.2 Å². The van der Waals surface area contributed by atoms with Crippen molar-refractivity contribution in [2.45, 2.75) is 13.1 Å². The molecule has 0 rings (SSSR count). The second kappa shape index (κ2) is 10.3. The molecule has 0 aromatic carbocycles. The van der Waals surface area contributed by atoms with Gasteiger partial charge in [0.15, 0.2) is 0 Å². The summed E-state index contributed by atoms with van der Waals surface area (Å²) in [6.07, 6.45) is 0. The second-order valence-electron chi connectivity index (χ2n) is 1.87. The molecule has 0 aromatic rings. The Morgan fingerprint density at radius 3 is 0.769 bits per heavy atom. The summed E-state index contributed by atoms with van der Waals surface area (Å²) in [5, 5.41) is 0. The molecule has 0 aliphatic rings. The minimum absolute atomic E-state index is 1.44. The molecule has 0 saturated heterocycles. The van der Waals surface area contributed by atoms with Gasteiger partial charge >= 0.3 is 62.6 Å². The van der Waals surface area contributed by atoms with E-state index in [1.54, 1.807) is 0 Å². The average molecular weight is 561 g/mol. The Labute approximate surface area is 85.1 Å². The Balaban J connectivity index is -0.000000117. The molecule has 0 radical (unpaired) electrons. The Kier molecular flexibility index (Phi) is 15.1. The molecule has 0 bridgehead atoms. The van der Waals surface area contributed by atoms with Gasteiger partial charge in [-0.05, 0) is 13.1 Å². The van der Waals surface area contributed by atoms with Crippen LogP contribution in [0.2, 0.25) is 13.1 Å². The zero-order valence-corrected chi connectivity index (χ0v) is 13.0. The van der Waals surface area contributed by atoms with Gasteiger partial charge in [0.05, 0.1) is 0 Å². The summed E-state index contributed by atoms with van der Waals surface area (Å²) < 4.78 is 51.6. The minimum atomic E-state index is -4.21. The van der Waals surface area contributed by atoms with Crippen molar-refractivity contribution in [2.24, 2.45) is 0 Å². The van der Waals surface area contributed by atoms with Gasteiger partial charge in [0.1, 0.15) is 0 Å². The van der Waals surface area contributed by atoms with E-state index in [9.17, 15) is 0 Å². The van der Waals surface area contributed by atoms with E-state index >= 15 is 0 Å². The Hall–Kier alpha value is 0.262. The van der Waals surface area contributed by atoms with Crippen molar-refractivity contribution in [3.63, 3.8) is 0 Å².